The van der Waals surface area contributed by atoms with Crippen molar-refractivity contribution in [2.75, 3.05) is 0 Å². The van der Waals surface area contributed by atoms with Gasteiger partial charge < -0.3 is 0 Å². The molecule has 0 bridgehead atoms. The highest BCUT2D eigenvalue weighted by Crippen LogP contribution is 2.26. The first-order valence-electron chi connectivity index (χ1n) is 10.7. The van der Waals surface area contributed by atoms with Gasteiger partial charge in [-0.25, -0.2) is 0 Å². The lowest BCUT2D eigenvalue weighted by Gasteiger charge is -2.11. The maximum Gasteiger partial charge on any atom is 0.139 e. The Morgan fingerprint density at radius 3 is 2.78 bits per heavy atom. The second-order valence-electron chi connectivity index (χ2n) is 8.45. The number of pyridine rings is 1. The SMILES string of the molecule is C[C@@H](CC(=O)Cc1cc2c(cn1)C(c1ccc3nn(C)cc3c1)=NC2)c1ccc(Cl)cc1. The second kappa shape index (κ2) is 8.32. The lowest BCUT2D eigenvalue weighted by Crippen LogP contribution is -2.10. The molecule has 1 aliphatic heterocycles. The number of aliphatic imine (C=N–C) groups is 1. The Morgan fingerprint density at radius 1 is 1.16 bits per heavy atom. The highest BCUT2D eigenvalue weighted by Gasteiger charge is 2.20. The van der Waals surface area contributed by atoms with E-state index in [1.807, 2.05) is 60.5 Å². The van der Waals surface area contributed by atoms with Crippen molar-refractivity contribution in [2.24, 2.45) is 12.0 Å². The lowest BCUT2D eigenvalue weighted by molar-refractivity contribution is -0.118. The third kappa shape index (κ3) is 4.08. The summed E-state index contributed by atoms with van der Waals surface area (Å²) < 4.78 is 1.82. The fraction of sp³-hybridized carbons (Fsp3) is 0.231. The number of nitrogens with zero attached hydrogens (tertiary/aromatic N) is 4. The Morgan fingerprint density at radius 2 is 1.97 bits per heavy atom. The smallest absolute Gasteiger partial charge is 0.139 e. The molecule has 0 saturated carbocycles. The topological polar surface area (TPSA) is 60.1 Å². The molecular weight excluding hydrogens is 420 g/mol. The maximum absolute atomic E-state index is 12.7. The van der Waals surface area contributed by atoms with Crippen molar-refractivity contribution in [1.82, 2.24) is 14.8 Å². The number of aromatic nitrogens is 3. The van der Waals surface area contributed by atoms with E-state index >= 15 is 0 Å². The summed E-state index contributed by atoms with van der Waals surface area (Å²) >= 11 is 5.96. The van der Waals surface area contributed by atoms with Crippen LogP contribution in [0.25, 0.3) is 10.9 Å². The molecule has 4 aromatic rings. The van der Waals surface area contributed by atoms with Gasteiger partial charge in [0.2, 0.25) is 0 Å². The molecule has 1 aliphatic rings. The summed E-state index contributed by atoms with van der Waals surface area (Å²) in [4.78, 5) is 22.0. The molecule has 5 nitrogen and oxygen atoms in total. The van der Waals surface area contributed by atoms with E-state index in [0.29, 0.717) is 24.4 Å². The predicted molar refractivity (Wildman–Crippen MR) is 127 cm³/mol. The largest absolute Gasteiger partial charge is 0.299 e. The number of fused-ring (bicyclic) bond motifs is 2. The number of hydrogen-bond donors (Lipinski definition) is 0. The van der Waals surface area contributed by atoms with Crippen LogP contribution in [0.2, 0.25) is 5.02 Å². The Kier molecular flexibility index (Phi) is 5.35. The summed E-state index contributed by atoms with van der Waals surface area (Å²) in [6, 6.07) is 15.9. The first-order chi connectivity index (χ1) is 15.5. The normalized spacial score (nSPS) is 13.8. The van der Waals surface area contributed by atoms with Crippen molar-refractivity contribution in [3.8, 4) is 0 Å². The number of rotatable bonds is 6. The maximum atomic E-state index is 12.7. The molecule has 2 aromatic carbocycles. The van der Waals surface area contributed by atoms with E-state index in [2.05, 4.69) is 29.1 Å². The van der Waals surface area contributed by atoms with Gasteiger partial charge in [-0.3, -0.25) is 19.5 Å². The molecule has 5 rings (SSSR count). The summed E-state index contributed by atoms with van der Waals surface area (Å²) in [7, 11) is 1.92. The molecule has 0 radical (unpaired) electrons. The van der Waals surface area contributed by atoms with E-state index in [-0.39, 0.29) is 11.7 Å². The van der Waals surface area contributed by atoms with Crippen molar-refractivity contribution in [1.29, 1.82) is 0 Å². The molecule has 1 atom stereocenters. The van der Waals surface area contributed by atoms with Crippen molar-refractivity contribution in [3.63, 3.8) is 0 Å². The zero-order valence-electron chi connectivity index (χ0n) is 18.0. The van der Waals surface area contributed by atoms with Gasteiger partial charge in [0.1, 0.15) is 5.78 Å². The molecule has 32 heavy (non-hydrogen) atoms. The van der Waals surface area contributed by atoms with Crippen LogP contribution < -0.4 is 0 Å². The number of ketones is 1. The third-order valence-corrected chi connectivity index (χ3v) is 6.20. The molecule has 160 valence electrons. The van der Waals surface area contributed by atoms with Crippen LogP contribution >= 0.6 is 11.6 Å². The van der Waals surface area contributed by atoms with Gasteiger partial charge in [0, 0.05) is 59.5 Å². The van der Waals surface area contributed by atoms with Gasteiger partial charge in [-0.05, 0) is 47.4 Å². The Hall–Kier alpha value is -3.31. The van der Waals surface area contributed by atoms with Crippen molar-refractivity contribution in [3.05, 3.63) is 93.9 Å². The van der Waals surface area contributed by atoms with E-state index in [1.165, 1.54) is 0 Å². The quantitative estimate of drug-likeness (QED) is 0.408. The minimum Gasteiger partial charge on any atom is -0.299 e. The second-order valence-corrected chi connectivity index (χ2v) is 8.88. The summed E-state index contributed by atoms with van der Waals surface area (Å²) in [6.45, 7) is 2.68. The van der Waals surface area contributed by atoms with Crippen LogP contribution in [-0.2, 0) is 24.8 Å². The van der Waals surface area contributed by atoms with Gasteiger partial charge in [0.05, 0.1) is 17.8 Å². The molecule has 0 unspecified atom stereocenters. The highest BCUT2D eigenvalue weighted by atomic mass is 35.5. The number of benzene rings is 2. The minimum absolute atomic E-state index is 0.145. The molecule has 0 fully saturated rings. The number of aryl methyl sites for hydroxylation is 1. The molecule has 0 N–H and O–H groups in total. The van der Waals surface area contributed by atoms with Gasteiger partial charge in [0.25, 0.3) is 0 Å². The average molecular weight is 443 g/mol. The fourth-order valence-corrected chi connectivity index (χ4v) is 4.43. The monoisotopic (exact) mass is 442 g/mol. The zero-order valence-corrected chi connectivity index (χ0v) is 18.8. The summed E-state index contributed by atoms with van der Waals surface area (Å²) in [5, 5.41) is 6.23. The number of Topliss-reactive ketones (excluding diaryl/α,β-unsaturated/α-hetero) is 1. The molecule has 0 saturated heterocycles. The van der Waals surface area contributed by atoms with Crippen molar-refractivity contribution < 1.29 is 4.79 Å². The zero-order chi connectivity index (χ0) is 22.2. The van der Waals surface area contributed by atoms with Gasteiger partial charge >= 0.3 is 0 Å². The van der Waals surface area contributed by atoms with Crippen LogP contribution in [0.15, 0.2) is 65.9 Å². The van der Waals surface area contributed by atoms with Crippen LogP contribution in [0, 0.1) is 0 Å². The molecule has 0 aliphatic carbocycles. The fourth-order valence-electron chi connectivity index (χ4n) is 4.30. The summed E-state index contributed by atoms with van der Waals surface area (Å²) in [5.41, 5.74) is 7.06. The van der Waals surface area contributed by atoms with Gasteiger partial charge in [-0.1, -0.05) is 36.7 Å². The molecule has 6 heteroatoms. The Balaban J connectivity index is 1.29. The predicted octanol–water partition coefficient (Wildman–Crippen LogP) is 5.28. The number of hydrogen-bond acceptors (Lipinski definition) is 4. The van der Waals surface area contributed by atoms with E-state index in [4.69, 9.17) is 16.6 Å². The standard InChI is InChI=1S/C26H23ClN4O/c1-16(17-3-6-21(27)7-4-17)9-23(32)12-22-11-19-13-29-26(24(19)14-28-22)18-5-8-25-20(10-18)15-31(2)30-25/h3-8,10-11,14-16H,9,12-13H2,1-2H3/t16-/m0/s1. The Labute approximate surface area is 191 Å². The first kappa shape index (κ1) is 20.6. The molecule has 0 spiro atoms. The number of carbonyl (C=O) groups is 1. The van der Waals surface area contributed by atoms with Crippen LogP contribution in [0.1, 0.15) is 47.2 Å². The van der Waals surface area contributed by atoms with Crippen molar-refractivity contribution in [2.45, 2.75) is 32.2 Å². The van der Waals surface area contributed by atoms with Crippen LogP contribution in [0.5, 0.6) is 0 Å². The molecular formula is C26H23ClN4O. The lowest BCUT2D eigenvalue weighted by atomic mass is 9.94. The van der Waals surface area contributed by atoms with E-state index in [0.717, 1.165) is 44.6 Å². The highest BCUT2D eigenvalue weighted by molar-refractivity contribution is 6.30. The van der Waals surface area contributed by atoms with Crippen molar-refractivity contribution >= 4 is 34.0 Å². The molecule has 2 aromatic heterocycles. The van der Waals surface area contributed by atoms with Crippen LogP contribution in [0.4, 0.5) is 0 Å². The first-order valence-corrected chi connectivity index (χ1v) is 11.1. The number of halogens is 1. The third-order valence-electron chi connectivity index (χ3n) is 5.95. The summed E-state index contributed by atoms with van der Waals surface area (Å²) in [6.07, 6.45) is 4.68. The van der Waals surface area contributed by atoms with E-state index in [1.54, 1.807) is 0 Å². The Bertz CT molecular complexity index is 1350. The minimum atomic E-state index is 0.145. The van der Waals surface area contributed by atoms with Crippen LogP contribution in [0.3, 0.4) is 0 Å². The van der Waals surface area contributed by atoms with E-state index < -0.39 is 0 Å². The van der Waals surface area contributed by atoms with Gasteiger partial charge in [-0.2, -0.15) is 5.10 Å². The average Bonchev–Trinajstić information content (AvgIpc) is 3.35. The molecule has 3 heterocycles. The van der Waals surface area contributed by atoms with Crippen LogP contribution in [-0.4, -0.2) is 26.3 Å². The van der Waals surface area contributed by atoms with Gasteiger partial charge in [-0.15, -0.1) is 0 Å². The molecule has 0 amide bonds. The van der Waals surface area contributed by atoms with E-state index in [9.17, 15) is 4.79 Å². The van der Waals surface area contributed by atoms with Gasteiger partial charge in [0.15, 0.2) is 0 Å². The number of carbonyl (C=O) groups excluding carboxylic acids is 1. The summed E-state index contributed by atoms with van der Waals surface area (Å²) in [5.74, 6) is 0.326.